The van der Waals surface area contributed by atoms with Gasteiger partial charge in [0.05, 0.1) is 6.16 Å². The predicted octanol–water partition coefficient (Wildman–Crippen LogP) is 5.89. The van der Waals surface area contributed by atoms with E-state index < -0.39 is 7.26 Å². The molecule has 3 rings (SSSR count). The summed E-state index contributed by atoms with van der Waals surface area (Å²) in [4.78, 5) is 0. The summed E-state index contributed by atoms with van der Waals surface area (Å²) in [5.41, 5.74) is 0. The van der Waals surface area contributed by atoms with Crippen LogP contribution in [-0.2, 0) is 0 Å². The first-order chi connectivity index (χ1) is 13.4. The lowest BCUT2D eigenvalue weighted by Crippen LogP contribution is -2.33. The summed E-state index contributed by atoms with van der Waals surface area (Å²) in [6.45, 7) is 2.07. The molecule has 0 aliphatic carbocycles. The SMILES string of the molecule is C/C=C/C/C=C/CC[P+](c1ccccc1)(c1ccccc1)c1ccccc1. The van der Waals surface area contributed by atoms with E-state index in [9.17, 15) is 0 Å². The van der Waals surface area contributed by atoms with Crippen LogP contribution in [0, 0.1) is 0 Å². The van der Waals surface area contributed by atoms with Gasteiger partial charge < -0.3 is 0 Å². The molecule has 0 atom stereocenters. The Labute approximate surface area is 164 Å². The molecule has 1 heteroatoms. The Hall–Kier alpha value is -2.43. The quantitative estimate of drug-likeness (QED) is 0.342. The first-order valence-electron chi connectivity index (χ1n) is 9.69. The van der Waals surface area contributed by atoms with Crippen molar-refractivity contribution in [3.63, 3.8) is 0 Å². The second kappa shape index (κ2) is 10.0. The summed E-state index contributed by atoms with van der Waals surface area (Å²) in [6.07, 6.45) is 12.2. The summed E-state index contributed by atoms with van der Waals surface area (Å²) < 4.78 is 0. The van der Waals surface area contributed by atoms with Gasteiger partial charge in [0.15, 0.2) is 0 Å². The van der Waals surface area contributed by atoms with Crippen LogP contribution in [0.2, 0.25) is 0 Å². The van der Waals surface area contributed by atoms with Crippen LogP contribution in [0.5, 0.6) is 0 Å². The molecule has 0 radical (unpaired) electrons. The molecule has 0 nitrogen and oxygen atoms in total. The van der Waals surface area contributed by atoms with Gasteiger partial charge >= 0.3 is 0 Å². The number of benzene rings is 3. The standard InChI is InChI=1S/C26H28P/c1-2-3-4-5-6-16-23-27(24-17-10-7-11-18-24,25-19-12-8-13-20-25)26-21-14-9-15-22-26/h2-3,5-15,17-22H,4,16,23H2,1H3/q+1/b3-2+,6-5+. The van der Waals surface area contributed by atoms with Crippen LogP contribution in [0.4, 0.5) is 0 Å². The Bertz CT molecular complexity index is 752. The summed E-state index contributed by atoms with van der Waals surface area (Å²) >= 11 is 0. The van der Waals surface area contributed by atoms with Crippen molar-refractivity contribution in [1.82, 2.24) is 0 Å². The molecule has 0 aromatic heterocycles. The van der Waals surface area contributed by atoms with Crippen LogP contribution in [0.25, 0.3) is 0 Å². The van der Waals surface area contributed by atoms with Gasteiger partial charge in [-0.2, -0.15) is 0 Å². The summed E-state index contributed by atoms with van der Waals surface area (Å²) in [5.74, 6) is 0. The van der Waals surface area contributed by atoms with Gasteiger partial charge in [0.25, 0.3) is 0 Å². The summed E-state index contributed by atoms with van der Waals surface area (Å²) in [7, 11) is -1.68. The molecule has 3 aromatic rings. The molecule has 0 N–H and O–H groups in total. The minimum absolute atomic E-state index is 1.02. The molecule has 0 saturated heterocycles. The van der Waals surface area contributed by atoms with Gasteiger partial charge in [-0.1, -0.05) is 78.9 Å². The molecule has 0 saturated carbocycles. The Balaban J connectivity index is 2.07. The highest BCUT2D eigenvalue weighted by molar-refractivity contribution is 7.95. The van der Waals surface area contributed by atoms with E-state index in [-0.39, 0.29) is 0 Å². The predicted molar refractivity (Wildman–Crippen MR) is 123 cm³/mol. The molecule has 136 valence electrons. The van der Waals surface area contributed by atoms with Crippen molar-refractivity contribution in [2.75, 3.05) is 6.16 Å². The van der Waals surface area contributed by atoms with Crippen molar-refractivity contribution in [2.45, 2.75) is 19.8 Å². The van der Waals surface area contributed by atoms with Crippen molar-refractivity contribution in [3.05, 3.63) is 115 Å². The van der Waals surface area contributed by atoms with E-state index in [1.54, 1.807) is 0 Å². The van der Waals surface area contributed by atoms with E-state index in [0.29, 0.717) is 0 Å². The fraction of sp³-hybridized carbons (Fsp3) is 0.154. The van der Waals surface area contributed by atoms with E-state index in [2.05, 4.69) is 122 Å². The molecular formula is C26H28P+. The zero-order valence-electron chi connectivity index (χ0n) is 16.0. The highest BCUT2D eigenvalue weighted by Gasteiger charge is 2.44. The first-order valence-corrected chi connectivity index (χ1v) is 11.7. The van der Waals surface area contributed by atoms with Crippen molar-refractivity contribution >= 4 is 23.2 Å². The average Bonchev–Trinajstić information content (AvgIpc) is 2.75. The molecule has 0 unspecified atom stereocenters. The first kappa shape index (κ1) is 19.3. The third-order valence-electron chi connectivity index (χ3n) is 4.90. The Morgan fingerprint density at radius 3 is 1.44 bits per heavy atom. The van der Waals surface area contributed by atoms with Crippen molar-refractivity contribution in [1.29, 1.82) is 0 Å². The second-order valence-corrected chi connectivity index (χ2v) is 10.2. The molecular weight excluding hydrogens is 343 g/mol. The van der Waals surface area contributed by atoms with E-state index in [1.165, 1.54) is 15.9 Å². The van der Waals surface area contributed by atoms with Gasteiger partial charge in [0.1, 0.15) is 23.2 Å². The van der Waals surface area contributed by atoms with E-state index in [0.717, 1.165) is 19.0 Å². The maximum absolute atomic E-state index is 2.35. The molecule has 0 spiro atoms. The molecule has 0 bridgehead atoms. The van der Waals surface area contributed by atoms with E-state index in [1.807, 2.05) is 0 Å². The monoisotopic (exact) mass is 371 g/mol. The maximum atomic E-state index is 2.35. The van der Waals surface area contributed by atoms with Gasteiger partial charge in [-0.15, -0.1) is 0 Å². The molecule has 0 aliphatic heterocycles. The molecule has 0 heterocycles. The highest BCUT2D eigenvalue weighted by atomic mass is 31.2. The number of hydrogen-bond acceptors (Lipinski definition) is 0. The lowest BCUT2D eigenvalue weighted by molar-refractivity contribution is 1.20. The number of rotatable bonds is 8. The Kier molecular flexibility index (Phi) is 7.19. The van der Waals surface area contributed by atoms with Gasteiger partial charge in [-0.05, 0) is 49.7 Å². The fourth-order valence-corrected chi connectivity index (χ4v) is 7.83. The molecule has 0 fully saturated rings. The lowest BCUT2D eigenvalue weighted by Gasteiger charge is -2.27. The second-order valence-electron chi connectivity index (χ2n) is 6.60. The van der Waals surface area contributed by atoms with Crippen LogP contribution < -0.4 is 15.9 Å². The average molecular weight is 371 g/mol. The van der Waals surface area contributed by atoms with Gasteiger partial charge in [-0.3, -0.25) is 0 Å². The fourth-order valence-electron chi connectivity index (χ4n) is 3.58. The lowest BCUT2D eigenvalue weighted by atomic mass is 10.3. The summed E-state index contributed by atoms with van der Waals surface area (Å²) in [5, 5.41) is 4.39. The normalized spacial score (nSPS) is 12.0. The zero-order valence-corrected chi connectivity index (χ0v) is 16.9. The van der Waals surface area contributed by atoms with E-state index >= 15 is 0 Å². The Morgan fingerprint density at radius 2 is 1.04 bits per heavy atom. The minimum atomic E-state index is -1.68. The number of hydrogen-bond donors (Lipinski definition) is 0. The van der Waals surface area contributed by atoms with Crippen LogP contribution in [0.1, 0.15) is 19.8 Å². The van der Waals surface area contributed by atoms with Crippen molar-refractivity contribution in [2.24, 2.45) is 0 Å². The smallest absolute Gasteiger partial charge is 0.0914 e. The Morgan fingerprint density at radius 1 is 0.593 bits per heavy atom. The highest BCUT2D eigenvalue weighted by Crippen LogP contribution is 2.55. The third-order valence-corrected chi connectivity index (χ3v) is 9.36. The van der Waals surface area contributed by atoms with Gasteiger partial charge in [0, 0.05) is 6.42 Å². The van der Waals surface area contributed by atoms with Crippen molar-refractivity contribution in [3.8, 4) is 0 Å². The summed E-state index contributed by atoms with van der Waals surface area (Å²) in [6, 6.07) is 33.3. The largest absolute Gasteiger partial charge is 0.112 e. The zero-order chi connectivity index (χ0) is 18.8. The van der Waals surface area contributed by atoms with Crippen LogP contribution in [0.15, 0.2) is 115 Å². The molecule has 0 amide bonds. The van der Waals surface area contributed by atoms with Crippen LogP contribution in [0.3, 0.4) is 0 Å². The molecule has 3 aromatic carbocycles. The minimum Gasteiger partial charge on any atom is -0.0914 e. The topological polar surface area (TPSA) is 0 Å². The van der Waals surface area contributed by atoms with E-state index in [4.69, 9.17) is 0 Å². The number of allylic oxidation sites excluding steroid dienone is 4. The van der Waals surface area contributed by atoms with Gasteiger partial charge in [0.2, 0.25) is 0 Å². The maximum Gasteiger partial charge on any atom is 0.112 e. The van der Waals surface area contributed by atoms with Crippen LogP contribution >= 0.6 is 7.26 Å². The molecule has 0 aliphatic rings. The van der Waals surface area contributed by atoms with Gasteiger partial charge in [-0.25, -0.2) is 0 Å². The molecule has 27 heavy (non-hydrogen) atoms. The third kappa shape index (κ3) is 4.65. The van der Waals surface area contributed by atoms with Crippen molar-refractivity contribution < 1.29 is 0 Å². The van der Waals surface area contributed by atoms with Crippen LogP contribution in [-0.4, -0.2) is 6.16 Å².